The van der Waals surface area contributed by atoms with Crippen LogP contribution in [0.3, 0.4) is 0 Å². The molecule has 0 aromatic heterocycles. The third-order valence-electron chi connectivity index (χ3n) is 3.64. The van der Waals surface area contributed by atoms with Gasteiger partial charge in [-0.2, -0.15) is 0 Å². The van der Waals surface area contributed by atoms with Crippen LogP contribution in [0.25, 0.3) is 6.08 Å². The second-order valence-corrected chi connectivity index (χ2v) is 5.24. The summed E-state index contributed by atoms with van der Waals surface area (Å²) in [7, 11) is 0. The normalized spacial score (nSPS) is 11.5. The molecule has 23 heavy (non-hydrogen) atoms. The molecule has 0 saturated carbocycles. The Morgan fingerprint density at radius 2 is 1.74 bits per heavy atom. The molecule has 0 unspecified atom stereocenters. The molecule has 0 aliphatic carbocycles. The van der Waals surface area contributed by atoms with E-state index in [9.17, 15) is 0 Å². The number of aryl methyl sites for hydroxylation is 1. The van der Waals surface area contributed by atoms with E-state index < -0.39 is 0 Å². The Labute approximate surface area is 139 Å². The zero-order valence-electron chi connectivity index (χ0n) is 13.9. The Hall–Kier alpha value is -2.80. The molecule has 0 amide bonds. The number of hydrogen-bond donors (Lipinski definition) is 0. The minimum Gasteiger partial charge on any atom is -0.311 e. The smallest absolute Gasteiger partial charge is 0.0467 e. The van der Waals surface area contributed by atoms with Crippen LogP contribution in [0.15, 0.2) is 91.7 Å². The molecule has 0 N–H and O–H groups in total. The highest BCUT2D eigenvalue weighted by Crippen LogP contribution is 2.32. The summed E-state index contributed by atoms with van der Waals surface area (Å²) in [5.74, 6) is 0. The van der Waals surface area contributed by atoms with Gasteiger partial charge >= 0.3 is 0 Å². The van der Waals surface area contributed by atoms with Gasteiger partial charge in [0.25, 0.3) is 0 Å². The first kappa shape index (κ1) is 16.6. The van der Waals surface area contributed by atoms with Gasteiger partial charge in [0.2, 0.25) is 0 Å². The van der Waals surface area contributed by atoms with Gasteiger partial charge in [-0.05, 0) is 61.4 Å². The van der Waals surface area contributed by atoms with Gasteiger partial charge in [-0.25, -0.2) is 0 Å². The van der Waals surface area contributed by atoms with Crippen molar-refractivity contribution in [3.05, 3.63) is 103 Å². The van der Waals surface area contributed by atoms with Crippen molar-refractivity contribution >= 4 is 17.5 Å². The summed E-state index contributed by atoms with van der Waals surface area (Å²) < 4.78 is 0. The van der Waals surface area contributed by atoms with Crippen LogP contribution >= 0.6 is 0 Å². The molecule has 0 spiro atoms. The third-order valence-corrected chi connectivity index (χ3v) is 3.64. The largest absolute Gasteiger partial charge is 0.311 e. The second-order valence-electron chi connectivity index (χ2n) is 5.24. The van der Waals surface area contributed by atoms with Gasteiger partial charge in [0, 0.05) is 17.1 Å². The van der Waals surface area contributed by atoms with Gasteiger partial charge in [-0.1, -0.05) is 55.7 Å². The average molecular weight is 301 g/mol. The maximum Gasteiger partial charge on any atom is 0.0467 e. The van der Waals surface area contributed by atoms with Crippen LogP contribution in [0.1, 0.15) is 18.1 Å². The monoisotopic (exact) mass is 301 g/mol. The number of nitrogens with zero attached hydrogens (tertiary/aromatic N) is 1. The van der Waals surface area contributed by atoms with Gasteiger partial charge in [-0.15, -0.1) is 0 Å². The van der Waals surface area contributed by atoms with Crippen molar-refractivity contribution in [2.45, 2.75) is 13.8 Å². The molecule has 2 rings (SSSR count). The summed E-state index contributed by atoms with van der Waals surface area (Å²) in [6.45, 7) is 11.9. The Kier molecular flexibility index (Phi) is 5.76. The summed E-state index contributed by atoms with van der Waals surface area (Å²) in [5, 5.41) is 0. The van der Waals surface area contributed by atoms with Gasteiger partial charge in [0.1, 0.15) is 0 Å². The topological polar surface area (TPSA) is 3.24 Å². The van der Waals surface area contributed by atoms with Gasteiger partial charge in [-0.3, -0.25) is 0 Å². The molecular weight excluding hydrogens is 278 g/mol. The van der Waals surface area contributed by atoms with Crippen LogP contribution in [-0.4, -0.2) is 0 Å². The number of para-hydroxylation sites is 1. The van der Waals surface area contributed by atoms with Crippen molar-refractivity contribution in [1.29, 1.82) is 0 Å². The molecule has 0 aliphatic heterocycles. The molecule has 2 aromatic carbocycles. The lowest BCUT2D eigenvalue weighted by Crippen LogP contribution is -2.15. The molecular formula is C22H23N. The van der Waals surface area contributed by atoms with Crippen LogP contribution in [0.4, 0.5) is 11.4 Å². The molecule has 1 heteroatoms. The highest BCUT2D eigenvalue weighted by Gasteiger charge is 2.12. The lowest BCUT2D eigenvalue weighted by molar-refractivity contribution is 1.20. The molecule has 0 fully saturated rings. The van der Waals surface area contributed by atoms with E-state index in [1.165, 1.54) is 11.1 Å². The van der Waals surface area contributed by atoms with E-state index in [-0.39, 0.29) is 0 Å². The second kappa shape index (κ2) is 8.00. The molecule has 1 nitrogen and oxygen atoms in total. The standard InChI is InChI=1S/C22H23N/c1-5-11-19-17-22(16-15-18(19)4)23(20(7-3)12-6-2)21-13-9-8-10-14-21/h5-17H,2-3H2,1,4H3/b11-5-,20-12+. The lowest BCUT2D eigenvalue weighted by Gasteiger charge is -2.26. The predicted molar refractivity (Wildman–Crippen MR) is 103 cm³/mol. The van der Waals surface area contributed by atoms with E-state index in [0.29, 0.717) is 0 Å². The number of allylic oxidation sites excluding steroid dienone is 4. The summed E-state index contributed by atoms with van der Waals surface area (Å²) in [5.41, 5.74) is 5.65. The molecule has 0 heterocycles. The zero-order chi connectivity index (χ0) is 16.7. The van der Waals surface area contributed by atoms with E-state index in [1.54, 1.807) is 6.08 Å². The highest BCUT2D eigenvalue weighted by molar-refractivity contribution is 5.73. The van der Waals surface area contributed by atoms with Gasteiger partial charge < -0.3 is 4.90 Å². The van der Waals surface area contributed by atoms with Gasteiger partial charge in [0.15, 0.2) is 0 Å². The van der Waals surface area contributed by atoms with Crippen molar-refractivity contribution < 1.29 is 0 Å². The quantitative estimate of drug-likeness (QED) is 0.556. The predicted octanol–water partition coefficient (Wildman–Crippen LogP) is 6.42. The summed E-state index contributed by atoms with van der Waals surface area (Å²) >= 11 is 0. The lowest BCUT2D eigenvalue weighted by atomic mass is 10.1. The van der Waals surface area contributed by atoms with Crippen molar-refractivity contribution in [3.63, 3.8) is 0 Å². The summed E-state index contributed by atoms with van der Waals surface area (Å²) in [6.07, 6.45) is 9.80. The zero-order valence-corrected chi connectivity index (χ0v) is 13.9. The van der Waals surface area contributed by atoms with E-state index >= 15 is 0 Å². The molecule has 0 atom stereocenters. The molecule has 0 bridgehead atoms. The van der Waals surface area contributed by atoms with Crippen LogP contribution in [0, 0.1) is 6.92 Å². The van der Waals surface area contributed by atoms with E-state index in [0.717, 1.165) is 17.1 Å². The maximum absolute atomic E-state index is 3.96. The third kappa shape index (κ3) is 3.89. The van der Waals surface area contributed by atoms with Crippen molar-refractivity contribution in [2.75, 3.05) is 4.90 Å². The van der Waals surface area contributed by atoms with Gasteiger partial charge in [0.05, 0.1) is 0 Å². The fraction of sp³-hybridized carbons (Fsp3) is 0.0909. The maximum atomic E-state index is 3.96. The fourth-order valence-electron chi connectivity index (χ4n) is 2.50. The first-order valence-electron chi connectivity index (χ1n) is 7.75. The molecule has 0 saturated heterocycles. The van der Waals surface area contributed by atoms with E-state index in [1.807, 2.05) is 37.3 Å². The Morgan fingerprint density at radius 3 is 2.35 bits per heavy atom. The number of benzene rings is 2. The minimum absolute atomic E-state index is 0.987. The number of rotatable bonds is 6. The Balaban J connectivity index is 2.63. The first-order chi connectivity index (χ1) is 11.2. The number of anilines is 2. The Bertz CT molecular complexity index is 736. The molecule has 0 radical (unpaired) electrons. The van der Waals surface area contributed by atoms with Crippen LogP contribution in [0.5, 0.6) is 0 Å². The van der Waals surface area contributed by atoms with Crippen molar-refractivity contribution in [3.8, 4) is 0 Å². The highest BCUT2D eigenvalue weighted by atomic mass is 15.1. The van der Waals surface area contributed by atoms with E-state index in [4.69, 9.17) is 0 Å². The molecule has 2 aromatic rings. The minimum atomic E-state index is 0.987. The number of hydrogen-bond acceptors (Lipinski definition) is 1. The summed E-state index contributed by atoms with van der Waals surface area (Å²) in [4.78, 5) is 2.18. The van der Waals surface area contributed by atoms with E-state index in [2.05, 4.69) is 67.5 Å². The first-order valence-corrected chi connectivity index (χ1v) is 7.75. The van der Waals surface area contributed by atoms with Crippen LogP contribution in [-0.2, 0) is 0 Å². The molecule has 116 valence electrons. The SMILES string of the molecule is C=C/C=C(\C=C)N(c1ccccc1)c1ccc(C)c(/C=C\C)c1. The molecule has 0 aliphatic rings. The van der Waals surface area contributed by atoms with Crippen molar-refractivity contribution in [2.24, 2.45) is 0 Å². The van der Waals surface area contributed by atoms with Crippen molar-refractivity contribution in [1.82, 2.24) is 0 Å². The van der Waals surface area contributed by atoms with Crippen LogP contribution in [0.2, 0.25) is 0 Å². The van der Waals surface area contributed by atoms with Crippen LogP contribution < -0.4 is 4.90 Å². The average Bonchev–Trinajstić information content (AvgIpc) is 2.58. The summed E-state index contributed by atoms with van der Waals surface area (Å²) in [6, 6.07) is 16.8. The Morgan fingerprint density at radius 1 is 1.00 bits per heavy atom. The fourth-order valence-corrected chi connectivity index (χ4v) is 2.50.